The molecule has 0 aromatic carbocycles. The Hall–Kier alpha value is -0.550. The normalized spacial score (nSPS) is 47.2. The van der Waals surface area contributed by atoms with E-state index in [1.807, 2.05) is 0 Å². The largest absolute Gasteiger partial charge is 0.367 e. The van der Waals surface area contributed by atoms with Crippen LogP contribution in [0.1, 0.15) is 19.3 Å². The van der Waals surface area contributed by atoms with E-state index in [0.717, 1.165) is 12.8 Å². The first-order valence-corrected chi connectivity index (χ1v) is 3.42. The maximum atomic E-state index is 6.80. The van der Waals surface area contributed by atoms with Crippen molar-refractivity contribution >= 4 is 0 Å². The Kier molecular flexibility index (Phi) is 1.000. The van der Waals surface area contributed by atoms with E-state index in [1.54, 1.807) is 0 Å². The fourth-order valence-electron chi connectivity index (χ4n) is 1.75. The average Bonchev–Trinajstić information content (AvgIpc) is 2.45. The molecular formula is C7H9NO. The topological polar surface area (TPSA) is 13.6 Å². The molecule has 0 aromatic heterocycles. The third-order valence-electron chi connectivity index (χ3n) is 2.24. The summed E-state index contributed by atoms with van der Waals surface area (Å²) in [5.41, 5.74) is 0. The van der Waals surface area contributed by atoms with Crippen molar-refractivity contribution in [3.8, 4) is 0 Å². The first kappa shape index (κ1) is 5.25. The molecule has 0 amide bonds. The van der Waals surface area contributed by atoms with Gasteiger partial charge < -0.3 is 9.58 Å². The lowest BCUT2D eigenvalue weighted by Crippen LogP contribution is -2.17. The number of hydrogen-bond donors (Lipinski definition) is 0. The maximum absolute atomic E-state index is 6.80. The van der Waals surface area contributed by atoms with E-state index >= 15 is 0 Å². The molecule has 2 heteroatoms. The molecule has 3 unspecified atom stereocenters. The lowest BCUT2D eigenvalue weighted by molar-refractivity contribution is 0.103. The van der Waals surface area contributed by atoms with Crippen LogP contribution in [0.4, 0.5) is 0 Å². The molecule has 0 saturated carbocycles. The summed E-state index contributed by atoms with van der Waals surface area (Å²) in [5.74, 6) is 0. The third-order valence-corrected chi connectivity index (χ3v) is 2.24. The van der Waals surface area contributed by atoms with Gasteiger partial charge in [-0.25, -0.2) is 6.57 Å². The molecule has 2 fully saturated rings. The number of ether oxygens (including phenoxy) is 1. The SMILES string of the molecule is [C-]#[N+]C1CC2CCC1O2. The smallest absolute Gasteiger partial charge is 0.251 e. The van der Waals surface area contributed by atoms with Crippen molar-refractivity contribution < 1.29 is 4.74 Å². The predicted molar refractivity (Wildman–Crippen MR) is 32.9 cm³/mol. The van der Waals surface area contributed by atoms with Crippen molar-refractivity contribution in [2.24, 2.45) is 0 Å². The summed E-state index contributed by atoms with van der Waals surface area (Å²) in [4.78, 5) is 3.50. The molecule has 2 saturated heterocycles. The molecule has 3 atom stereocenters. The highest BCUT2D eigenvalue weighted by atomic mass is 16.5. The Morgan fingerprint density at radius 1 is 1.44 bits per heavy atom. The van der Waals surface area contributed by atoms with Gasteiger partial charge in [0, 0.05) is 0 Å². The van der Waals surface area contributed by atoms with Crippen molar-refractivity contribution in [1.82, 2.24) is 0 Å². The van der Waals surface area contributed by atoms with Gasteiger partial charge in [-0.3, -0.25) is 0 Å². The monoisotopic (exact) mass is 123 g/mol. The van der Waals surface area contributed by atoms with E-state index in [-0.39, 0.29) is 6.04 Å². The zero-order valence-electron chi connectivity index (χ0n) is 5.21. The van der Waals surface area contributed by atoms with Crippen LogP contribution in [0.3, 0.4) is 0 Å². The predicted octanol–water partition coefficient (Wildman–Crippen LogP) is 1.23. The second kappa shape index (κ2) is 1.71. The van der Waals surface area contributed by atoms with Gasteiger partial charge in [0.05, 0.1) is 12.5 Å². The maximum Gasteiger partial charge on any atom is 0.251 e. The molecule has 2 heterocycles. The summed E-state index contributed by atoms with van der Waals surface area (Å²) in [6.07, 6.45) is 4.05. The van der Waals surface area contributed by atoms with Gasteiger partial charge in [0.1, 0.15) is 6.10 Å². The zero-order valence-corrected chi connectivity index (χ0v) is 5.21. The van der Waals surface area contributed by atoms with Gasteiger partial charge in [-0.1, -0.05) is 0 Å². The van der Waals surface area contributed by atoms with Crippen LogP contribution in [0.5, 0.6) is 0 Å². The van der Waals surface area contributed by atoms with E-state index in [9.17, 15) is 0 Å². The number of fused-ring (bicyclic) bond motifs is 2. The highest BCUT2D eigenvalue weighted by Gasteiger charge is 2.44. The van der Waals surface area contributed by atoms with E-state index in [2.05, 4.69) is 4.85 Å². The van der Waals surface area contributed by atoms with E-state index in [4.69, 9.17) is 11.3 Å². The molecule has 0 N–H and O–H groups in total. The Morgan fingerprint density at radius 3 is 2.67 bits per heavy atom. The number of nitrogens with zero attached hydrogens (tertiary/aromatic N) is 1. The molecule has 2 rings (SSSR count). The molecule has 2 bridgehead atoms. The van der Waals surface area contributed by atoms with Gasteiger partial charge in [-0.15, -0.1) is 0 Å². The Bertz CT molecular complexity index is 161. The summed E-state index contributed by atoms with van der Waals surface area (Å²) in [6, 6.07) is 0.198. The minimum absolute atomic E-state index is 0.198. The van der Waals surface area contributed by atoms with Crippen molar-refractivity contribution in [1.29, 1.82) is 0 Å². The van der Waals surface area contributed by atoms with Crippen molar-refractivity contribution in [3.63, 3.8) is 0 Å². The van der Waals surface area contributed by atoms with Gasteiger partial charge >= 0.3 is 0 Å². The summed E-state index contributed by atoms with van der Waals surface area (Å²) >= 11 is 0. The molecule has 0 aliphatic carbocycles. The zero-order chi connectivity index (χ0) is 6.27. The summed E-state index contributed by atoms with van der Waals surface area (Å²) in [7, 11) is 0. The first-order valence-electron chi connectivity index (χ1n) is 3.42. The van der Waals surface area contributed by atoms with Crippen LogP contribution in [-0.2, 0) is 4.74 Å². The molecule has 9 heavy (non-hydrogen) atoms. The van der Waals surface area contributed by atoms with Crippen LogP contribution in [0.2, 0.25) is 0 Å². The Balaban J connectivity index is 2.12. The van der Waals surface area contributed by atoms with E-state index in [0.29, 0.717) is 12.2 Å². The number of rotatable bonds is 0. The molecule has 48 valence electrons. The second-order valence-electron chi connectivity index (χ2n) is 2.81. The third kappa shape index (κ3) is 0.650. The van der Waals surface area contributed by atoms with Crippen LogP contribution in [-0.4, -0.2) is 18.2 Å². The highest BCUT2D eigenvalue weighted by Crippen LogP contribution is 2.35. The number of hydrogen-bond acceptors (Lipinski definition) is 1. The fraction of sp³-hybridized carbons (Fsp3) is 0.857. The lowest BCUT2D eigenvalue weighted by Gasteiger charge is -2.05. The summed E-state index contributed by atoms with van der Waals surface area (Å²) in [5, 5.41) is 0. The molecule has 0 spiro atoms. The molecule has 0 radical (unpaired) electrons. The average molecular weight is 123 g/mol. The quantitative estimate of drug-likeness (QED) is 0.442. The van der Waals surface area contributed by atoms with Crippen LogP contribution in [0.15, 0.2) is 0 Å². The van der Waals surface area contributed by atoms with Crippen LogP contribution in [0, 0.1) is 6.57 Å². The van der Waals surface area contributed by atoms with Gasteiger partial charge in [-0.2, -0.15) is 0 Å². The minimum atomic E-state index is 0.198. The first-order chi connectivity index (χ1) is 4.40. The molecule has 2 aliphatic rings. The van der Waals surface area contributed by atoms with Crippen molar-refractivity contribution in [2.45, 2.75) is 37.5 Å². The van der Waals surface area contributed by atoms with Crippen LogP contribution in [0.25, 0.3) is 4.85 Å². The molecular weight excluding hydrogens is 114 g/mol. The van der Waals surface area contributed by atoms with Crippen LogP contribution < -0.4 is 0 Å². The standard InChI is InChI=1S/C7H9NO/c1-8-6-4-5-2-3-7(6)9-5/h5-7H,2-4H2. The molecule has 2 aliphatic heterocycles. The minimum Gasteiger partial charge on any atom is -0.367 e. The van der Waals surface area contributed by atoms with Gasteiger partial charge in [0.2, 0.25) is 0 Å². The van der Waals surface area contributed by atoms with Gasteiger partial charge in [0.15, 0.2) is 0 Å². The van der Waals surface area contributed by atoms with Crippen molar-refractivity contribution in [2.75, 3.05) is 0 Å². The lowest BCUT2D eigenvalue weighted by atomic mass is 9.96. The highest BCUT2D eigenvalue weighted by molar-refractivity contribution is 4.99. The van der Waals surface area contributed by atoms with Crippen molar-refractivity contribution in [3.05, 3.63) is 11.4 Å². The summed E-state index contributed by atoms with van der Waals surface area (Å²) in [6.45, 7) is 6.80. The Morgan fingerprint density at radius 2 is 2.33 bits per heavy atom. The summed E-state index contributed by atoms with van der Waals surface area (Å²) < 4.78 is 5.46. The molecule has 2 nitrogen and oxygen atoms in total. The van der Waals surface area contributed by atoms with Gasteiger partial charge in [0.25, 0.3) is 6.04 Å². The van der Waals surface area contributed by atoms with E-state index < -0.39 is 0 Å². The Labute approximate surface area is 54.6 Å². The van der Waals surface area contributed by atoms with Gasteiger partial charge in [-0.05, 0) is 12.8 Å². The second-order valence-corrected chi connectivity index (χ2v) is 2.81. The van der Waals surface area contributed by atoms with E-state index in [1.165, 1.54) is 6.42 Å². The molecule has 0 aromatic rings. The fourth-order valence-corrected chi connectivity index (χ4v) is 1.75. The van der Waals surface area contributed by atoms with Crippen LogP contribution >= 0.6 is 0 Å².